The van der Waals surface area contributed by atoms with Crippen LogP contribution in [0.4, 0.5) is 5.69 Å². The van der Waals surface area contributed by atoms with Crippen LogP contribution >= 0.6 is 0 Å². The average Bonchev–Trinajstić information content (AvgIpc) is 2.51. The Morgan fingerprint density at radius 2 is 2.12 bits per heavy atom. The lowest BCUT2D eigenvalue weighted by Gasteiger charge is -2.26. The van der Waals surface area contributed by atoms with Crippen molar-refractivity contribution < 1.29 is 4.74 Å². The number of hydrogen-bond donors (Lipinski definition) is 1. The van der Waals surface area contributed by atoms with Gasteiger partial charge in [0.15, 0.2) is 0 Å². The summed E-state index contributed by atoms with van der Waals surface area (Å²) in [6.45, 7) is 7.78. The molecule has 0 radical (unpaired) electrons. The molecule has 1 fully saturated rings. The van der Waals surface area contributed by atoms with Crippen molar-refractivity contribution in [1.82, 2.24) is 5.32 Å². The second-order valence-electron chi connectivity index (χ2n) is 5.02. The maximum Gasteiger partial charge on any atom is 0.120 e. The molecule has 0 amide bonds. The Kier molecular flexibility index (Phi) is 3.89. The van der Waals surface area contributed by atoms with Gasteiger partial charge in [-0.3, -0.25) is 0 Å². The molecule has 17 heavy (non-hydrogen) atoms. The lowest BCUT2D eigenvalue weighted by atomic mass is 10.1. The highest BCUT2D eigenvalue weighted by molar-refractivity contribution is 5.51. The van der Waals surface area contributed by atoms with Gasteiger partial charge in [-0.15, -0.1) is 0 Å². The average molecular weight is 234 g/mol. The lowest BCUT2D eigenvalue weighted by Crippen LogP contribution is -2.35. The number of anilines is 1. The normalized spacial score (nSPS) is 25.5. The molecule has 0 bridgehead atoms. The molecule has 2 rings (SSSR count). The van der Waals surface area contributed by atoms with Gasteiger partial charge in [-0.05, 0) is 31.5 Å². The first-order valence-electron chi connectivity index (χ1n) is 6.31. The van der Waals surface area contributed by atoms with Crippen molar-refractivity contribution in [3.8, 4) is 5.75 Å². The molecule has 1 aliphatic rings. The van der Waals surface area contributed by atoms with Crippen molar-refractivity contribution in [2.45, 2.75) is 19.9 Å². The van der Waals surface area contributed by atoms with Crippen molar-refractivity contribution in [2.75, 3.05) is 31.6 Å². The second-order valence-corrected chi connectivity index (χ2v) is 5.02. The van der Waals surface area contributed by atoms with Crippen LogP contribution in [0.5, 0.6) is 5.75 Å². The van der Waals surface area contributed by atoms with Crippen molar-refractivity contribution in [3.05, 3.63) is 24.3 Å². The second kappa shape index (κ2) is 5.41. The molecular formula is C14H22N2O. The van der Waals surface area contributed by atoms with Gasteiger partial charge in [0, 0.05) is 30.9 Å². The molecule has 0 aromatic heterocycles. The van der Waals surface area contributed by atoms with E-state index in [0.717, 1.165) is 25.4 Å². The van der Waals surface area contributed by atoms with Crippen molar-refractivity contribution in [2.24, 2.45) is 5.92 Å². The Hall–Kier alpha value is -1.22. The molecule has 0 saturated carbocycles. The van der Waals surface area contributed by atoms with Gasteiger partial charge in [-0.2, -0.15) is 0 Å². The van der Waals surface area contributed by atoms with Crippen LogP contribution < -0.4 is 15.0 Å². The number of hydrogen-bond acceptors (Lipinski definition) is 3. The number of rotatable bonds is 2. The summed E-state index contributed by atoms with van der Waals surface area (Å²) in [4.78, 5) is 2.44. The molecular weight excluding hydrogens is 212 g/mol. The Labute approximate surface area is 104 Å². The van der Waals surface area contributed by atoms with E-state index in [9.17, 15) is 0 Å². The predicted molar refractivity (Wildman–Crippen MR) is 71.8 cm³/mol. The van der Waals surface area contributed by atoms with Gasteiger partial charge < -0.3 is 15.0 Å². The van der Waals surface area contributed by atoms with Gasteiger partial charge in [0.25, 0.3) is 0 Å². The topological polar surface area (TPSA) is 24.5 Å². The summed E-state index contributed by atoms with van der Waals surface area (Å²) in [6, 6.07) is 8.86. The van der Waals surface area contributed by atoms with Crippen LogP contribution in [-0.4, -0.2) is 32.8 Å². The van der Waals surface area contributed by atoms with Crippen LogP contribution in [0.15, 0.2) is 24.3 Å². The molecule has 1 aliphatic heterocycles. The summed E-state index contributed by atoms with van der Waals surface area (Å²) in [6.07, 6.45) is 0. The maximum absolute atomic E-state index is 5.29. The third-order valence-electron chi connectivity index (χ3n) is 3.26. The maximum atomic E-state index is 5.29. The highest BCUT2D eigenvalue weighted by atomic mass is 16.5. The zero-order chi connectivity index (χ0) is 12.3. The van der Waals surface area contributed by atoms with Gasteiger partial charge >= 0.3 is 0 Å². The first-order chi connectivity index (χ1) is 8.19. The minimum absolute atomic E-state index is 0.533. The standard InChI is InChI=1S/C14H22N2O/c1-11-8-15-12(2)10-16(9-11)13-5-4-6-14(7-13)17-3/h4-7,11-12,15H,8-10H2,1-3H3. The molecule has 0 aliphatic carbocycles. The van der Waals surface area contributed by atoms with Crippen molar-refractivity contribution >= 4 is 5.69 Å². The van der Waals surface area contributed by atoms with Crippen molar-refractivity contribution in [3.63, 3.8) is 0 Å². The van der Waals surface area contributed by atoms with Crippen LogP contribution in [-0.2, 0) is 0 Å². The van der Waals surface area contributed by atoms with Gasteiger partial charge in [0.05, 0.1) is 7.11 Å². The Morgan fingerprint density at radius 3 is 2.88 bits per heavy atom. The van der Waals surface area contributed by atoms with E-state index in [2.05, 4.69) is 42.3 Å². The highest BCUT2D eigenvalue weighted by Gasteiger charge is 2.19. The SMILES string of the molecule is COc1cccc(N2CC(C)CNC(C)C2)c1. The van der Waals surface area contributed by atoms with Crippen LogP contribution in [0.25, 0.3) is 0 Å². The van der Waals surface area contributed by atoms with Crippen LogP contribution in [0.1, 0.15) is 13.8 Å². The fourth-order valence-corrected chi connectivity index (χ4v) is 2.33. The van der Waals surface area contributed by atoms with Gasteiger partial charge in [-0.25, -0.2) is 0 Å². The van der Waals surface area contributed by atoms with E-state index in [0.29, 0.717) is 12.0 Å². The molecule has 2 atom stereocenters. The van der Waals surface area contributed by atoms with Crippen molar-refractivity contribution in [1.29, 1.82) is 0 Å². The molecule has 0 spiro atoms. The fraction of sp³-hybridized carbons (Fsp3) is 0.571. The first kappa shape index (κ1) is 12.2. The smallest absolute Gasteiger partial charge is 0.120 e. The quantitative estimate of drug-likeness (QED) is 0.848. The Balaban J connectivity index is 2.18. The van der Waals surface area contributed by atoms with E-state index in [-0.39, 0.29) is 0 Å². The van der Waals surface area contributed by atoms with E-state index in [1.54, 1.807) is 7.11 Å². The third kappa shape index (κ3) is 3.13. The fourth-order valence-electron chi connectivity index (χ4n) is 2.33. The molecule has 1 saturated heterocycles. The number of nitrogens with one attached hydrogen (secondary N) is 1. The van der Waals surface area contributed by atoms with E-state index >= 15 is 0 Å². The third-order valence-corrected chi connectivity index (χ3v) is 3.26. The molecule has 1 aromatic carbocycles. The van der Waals surface area contributed by atoms with E-state index in [1.807, 2.05) is 6.07 Å². The van der Waals surface area contributed by atoms with E-state index < -0.39 is 0 Å². The number of ether oxygens (including phenoxy) is 1. The minimum atomic E-state index is 0.533. The molecule has 2 unspecified atom stereocenters. The van der Waals surface area contributed by atoms with Crippen LogP contribution in [0, 0.1) is 5.92 Å². The molecule has 3 heteroatoms. The zero-order valence-corrected chi connectivity index (χ0v) is 10.9. The summed E-state index contributed by atoms with van der Waals surface area (Å²) < 4.78 is 5.29. The Morgan fingerprint density at radius 1 is 1.29 bits per heavy atom. The highest BCUT2D eigenvalue weighted by Crippen LogP contribution is 2.23. The van der Waals surface area contributed by atoms with Gasteiger partial charge in [0.2, 0.25) is 0 Å². The van der Waals surface area contributed by atoms with Crippen LogP contribution in [0.2, 0.25) is 0 Å². The predicted octanol–water partition coefficient (Wildman–Crippen LogP) is 2.13. The summed E-state index contributed by atoms with van der Waals surface area (Å²) in [5.41, 5.74) is 1.26. The largest absolute Gasteiger partial charge is 0.497 e. The summed E-state index contributed by atoms with van der Waals surface area (Å²) in [5, 5.41) is 3.55. The molecule has 1 N–H and O–H groups in total. The first-order valence-corrected chi connectivity index (χ1v) is 6.31. The van der Waals surface area contributed by atoms with E-state index in [1.165, 1.54) is 5.69 Å². The zero-order valence-electron chi connectivity index (χ0n) is 10.9. The number of nitrogens with zero attached hydrogens (tertiary/aromatic N) is 1. The monoisotopic (exact) mass is 234 g/mol. The lowest BCUT2D eigenvalue weighted by molar-refractivity contribution is 0.414. The van der Waals surface area contributed by atoms with E-state index in [4.69, 9.17) is 4.74 Å². The van der Waals surface area contributed by atoms with Crippen LogP contribution in [0.3, 0.4) is 0 Å². The Bertz CT molecular complexity index is 355. The molecule has 1 heterocycles. The van der Waals surface area contributed by atoms with Gasteiger partial charge in [0.1, 0.15) is 5.75 Å². The summed E-state index contributed by atoms with van der Waals surface area (Å²) in [7, 11) is 1.72. The number of benzene rings is 1. The molecule has 94 valence electrons. The molecule has 3 nitrogen and oxygen atoms in total. The number of methoxy groups -OCH3 is 1. The molecule has 1 aromatic rings. The summed E-state index contributed by atoms with van der Waals surface area (Å²) >= 11 is 0. The summed E-state index contributed by atoms with van der Waals surface area (Å²) in [5.74, 6) is 1.60. The minimum Gasteiger partial charge on any atom is -0.497 e. The van der Waals surface area contributed by atoms with Gasteiger partial charge in [-0.1, -0.05) is 13.0 Å².